The molecular formula is C11H22Cl2N4. The molecule has 1 aromatic rings. The van der Waals surface area contributed by atoms with E-state index in [9.17, 15) is 0 Å². The maximum atomic E-state index is 5.67. The normalized spacial score (nSPS) is 17.2. The number of hydrogen-bond acceptors (Lipinski definition) is 3. The lowest BCUT2D eigenvalue weighted by Crippen LogP contribution is -2.37. The Bertz CT molecular complexity index is 271. The van der Waals surface area contributed by atoms with Gasteiger partial charge in [-0.05, 0) is 44.5 Å². The van der Waals surface area contributed by atoms with Crippen LogP contribution in [0.5, 0.6) is 0 Å². The van der Waals surface area contributed by atoms with Gasteiger partial charge in [0.25, 0.3) is 0 Å². The first kappa shape index (κ1) is 16.7. The van der Waals surface area contributed by atoms with Crippen LogP contribution in [0, 0.1) is 5.92 Å². The van der Waals surface area contributed by atoms with E-state index in [0.29, 0.717) is 0 Å². The first-order valence-corrected chi connectivity index (χ1v) is 5.78. The quantitative estimate of drug-likeness (QED) is 0.907. The maximum Gasteiger partial charge on any atom is 0.0536 e. The van der Waals surface area contributed by atoms with E-state index in [2.05, 4.69) is 10.00 Å². The van der Waals surface area contributed by atoms with Crippen molar-refractivity contribution in [3.8, 4) is 0 Å². The summed E-state index contributed by atoms with van der Waals surface area (Å²) in [5, 5.41) is 4.20. The van der Waals surface area contributed by atoms with E-state index < -0.39 is 0 Å². The zero-order valence-electron chi connectivity index (χ0n) is 9.99. The molecule has 0 radical (unpaired) electrons. The zero-order valence-corrected chi connectivity index (χ0v) is 11.6. The minimum atomic E-state index is 0. The Hall–Kier alpha value is -0.290. The predicted molar refractivity (Wildman–Crippen MR) is 74.9 cm³/mol. The summed E-state index contributed by atoms with van der Waals surface area (Å²) in [5.41, 5.74) is 5.67. The van der Waals surface area contributed by atoms with Crippen LogP contribution in [-0.2, 0) is 6.54 Å². The van der Waals surface area contributed by atoms with Gasteiger partial charge in [-0.15, -0.1) is 24.8 Å². The Labute approximate surface area is 115 Å². The molecule has 4 nitrogen and oxygen atoms in total. The van der Waals surface area contributed by atoms with E-state index in [-0.39, 0.29) is 24.8 Å². The van der Waals surface area contributed by atoms with E-state index in [1.807, 2.05) is 23.1 Å². The van der Waals surface area contributed by atoms with Crippen molar-refractivity contribution in [2.45, 2.75) is 19.4 Å². The van der Waals surface area contributed by atoms with Gasteiger partial charge >= 0.3 is 0 Å². The van der Waals surface area contributed by atoms with E-state index in [0.717, 1.165) is 25.6 Å². The summed E-state index contributed by atoms with van der Waals surface area (Å²) in [6.07, 6.45) is 6.37. The molecule has 0 atom stereocenters. The summed E-state index contributed by atoms with van der Waals surface area (Å²) in [5.74, 6) is 0.756. The molecule has 0 aliphatic carbocycles. The Morgan fingerprint density at radius 3 is 2.41 bits per heavy atom. The molecule has 0 saturated carbocycles. The summed E-state index contributed by atoms with van der Waals surface area (Å²) >= 11 is 0. The Morgan fingerprint density at radius 1 is 1.18 bits per heavy atom. The van der Waals surface area contributed by atoms with Crippen molar-refractivity contribution in [2.24, 2.45) is 11.7 Å². The minimum absolute atomic E-state index is 0. The molecule has 1 saturated heterocycles. The number of nitrogens with two attached hydrogens (primary N) is 1. The summed E-state index contributed by atoms with van der Waals surface area (Å²) in [4.78, 5) is 2.51. The molecule has 2 rings (SSSR count). The highest BCUT2D eigenvalue weighted by Crippen LogP contribution is 2.15. The molecular weight excluding hydrogens is 259 g/mol. The smallest absolute Gasteiger partial charge is 0.0536 e. The van der Waals surface area contributed by atoms with Crippen LogP contribution in [0.4, 0.5) is 0 Å². The summed E-state index contributed by atoms with van der Waals surface area (Å²) in [6, 6.07) is 1.97. The average Bonchev–Trinajstić information content (AvgIpc) is 2.80. The lowest BCUT2D eigenvalue weighted by atomic mass is 9.97. The SMILES string of the molecule is Cl.Cl.NCC1CCN(CCn2cccn2)CC1. The third kappa shape index (κ3) is 5.25. The van der Waals surface area contributed by atoms with Crippen LogP contribution in [0.25, 0.3) is 0 Å². The number of aromatic nitrogens is 2. The number of rotatable bonds is 4. The van der Waals surface area contributed by atoms with Crippen molar-refractivity contribution in [1.29, 1.82) is 0 Å². The van der Waals surface area contributed by atoms with E-state index in [1.165, 1.54) is 25.9 Å². The molecule has 2 heterocycles. The molecule has 17 heavy (non-hydrogen) atoms. The molecule has 1 aliphatic rings. The van der Waals surface area contributed by atoms with Gasteiger partial charge in [0.15, 0.2) is 0 Å². The largest absolute Gasteiger partial charge is 0.330 e. The monoisotopic (exact) mass is 280 g/mol. The summed E-state index contributed by atoms with van der Waals surface area (Å²) in [6.45, 7) is 5.36. The molecule has 0 aromatic carbocycles. The van der Waals surface area contributed by atoms with Crippen LogP contribution in [0.2, 0.25) is 0 Å². The lowest BCUT2D eigenvalue weighted by molar-refractivity contribution is 0.180. The Balaban J connectivity index is 0.00000128. The van der Waals surface area contributed by atoms with Crippen LogP contribution in [0.1, 0.15) is 12.8 Å². The van der Waals surface area contributed by atoms with Crippen LogP contribution in [-0.4, -0.2) is 40.9 Å². The van der Waals surface area contributed by atoms with Gasteiger partial charge < -0.3 is 10.6 Å². The van der Waals surface area contributed by atoms with Crippen molar-refractivity contribution in [1.82, 2.24) is 14.7 Å². The predicted octanol–water partition coefficient (Wildman–Crippen LogP) is 1.40. The molecule has 1 aliphatic heterocycles. The molecule has 0 unspecified atom stereocenters. The van der Waals surface area contributed by atoms with Crippen LogP contribution in [0.3, 0.4) is 0 Å². The maximum absolute atomic E-state index is 5.67. The topological polar surface area (TPSA) is 47.1 Å². The Morgan fingerprint density at radius 2 is 1.88 bits per heavy atom. The summed E-state index contributed by atoms with van der Waals surface area (Å²) in [7, 11) is 0. The highest BCUT2D eigenvalue weighted by Gasteiger charge is 2.17. The number of likely N-dealkylation sites (tertiary alicyclic amines) is 1. The first-order chi connectivity index (χ1) is 7.38. The minimum Gasteiger partial charge on any atom is -0.330 e. The second-order valence-corrected chi connectivity index (χ2v) is 4.29. The van der Waals surface area contributed by atoms with E-state index in [1.54, 1.807) is 0 Å². The van der Waals surface area contributed by atoms with Gasteiger partial charge in [0.05, 0.1) is 6.54 Å². The van der Waals surface area contributed by atoms with Gasteiger partial charge in [-0.3, -0.25) is 4.68 Å². The van der Waals surface area contributed by atoms with Crippen molar-refractivity contribution < 1.29 is 0 Å². The third-order valence-electron chi connectivity index (χ3n) is 3.25. The van der Waals surface area contributed by atoms with Crippen molar-refractivity contribution >= 4 is 24.8 Å². The van der Waals surface area contributed by atoms with E-state index >= 15 is 0 Å². The van der Waals surface area contributed by atoms with Gasteiger partial charge in [-0.25, -0.2) is 0 Å². The molecule has 1 aromatic heterocycles. The number of nitrogens with zero attached hydrogens (tertiary/aromatic N) is 3. The fourth-order valence-corrected chi connectivity index (χ4v) is 2.12. The van der Waals surface area contributed by atoms with Gasteiger partial charge in [-0.1, -0.05) is 0 Å². The highest BCUT2D eigenvalue weighted by atomic mass is 35.5. The summed E-state index contributed by atoms with van der Waals surface area (Å²) < 4.78 is 2.00. The van der Waals surface area contributed by atoms with Crippen LogP contribution in [0.15, 0.2) is 18.5 Å². The molecule has 0 spiro atoms. The first-order valence-electron chi connectivity index (χ1n) is 5.78. The van der Waals surface area contributed by atoms with Gasteiger partial charge in [0.2, 0.25) is 0 Å². The molecule has 0 amide bonds. The van der Waals surface area contributed by atoms with Crippen LogP contribution < -0.4 is 5.73 Å². The Kier molecular flexibility index (Phi) is 8.60. The molecule has 6 heteroatoms. The second kappa shape index (κ2) is 8.75. The number of hydrogen-bond donors (Lipinski definition) is 1. The van der Waals surface area contributed by atoms with Crippen molar-refractivity contribution in [2.75, 3.05) is 26.2 Å². The number of piperidine rings is 1. The van der Waals surface area contributed by atoms with Crippen molar-refractivity contribution in [3.63, 3.8) is 0 Å². The van der Waals surface area contributed by atoms with Gasteiger partial charge in [0.1, 0.15) is 0 Å². The second-order valence-electron chi connectivity index (χ2n) is 4.29. The lowest BCUT2D eigenvalue weighted by Gasteiger charge is -2.31. The molecule has 100 valence electrons. The standard InChI is InChI=1S/C11H20N4.2ClH/c12-10-11-2-6-14(7-3-11)8-9-15-5-1-4-13-15;;/h1,4-5,11H,2-3,6-10,12H2;2*1H. The molecule has 1 fully saturated rings. The number of halogens is 2. The fourth-order valence-electron chi connectivity index (χ4n) is 2.12. The van der Waals surface area contributed by atoms with E-state index in [4.69, 9.17) is 5.73 Å². The highest BCUT2D eigenvalue weighted by molar-refractivity contribution is 5.85. The van der Waals surface area contributed by atoms with Gasteiger partial charge in [-0.2, -0.15) is 5.10 Å². The third-order valence-corrected chi connectivity index (χ3v) is 3.25. The van der Waals surface area contributed by atoms with Crippen LogP contribution >= 0.6 is 24.8 Å². The van der Waals surface area contributed by atoms with Gasteiger partial charge in [0, 0.05) is 18.9 Å². The molecule has 0 bridgehead atoms. The molecule has 2 N–H and O–H groups in total. The van der Waals surface area contributed by atoms with Crippen molar-refractivity contribution in [3.05, 3.63) is 18.5 Å². The average molecular weight is 281 g/mol. The fraction of sp³-hybridized carbons (Fsp3) is 0.727. The zero-order chi connectivity index (χ0) is 10.5.